The fourth-order valence-corrected chi connectivity index (χ4v) is 1.94. The number of nitrogens with one attached hydrogen (secondary N) is 2. The maximum Gasteiger partial charge on any atom is 0.319 e. The summed E-state index contributed by atoms with van der Waals surface area (Å²) in [5.74, 6) is 0. The Balaban J connectivity index is 2.37. The van der Waals surface area contributed by atoms with Gasteiger partial charge in [-0.05, 0) is 19.9 Å². The van der Waals surface area contributed by atoms with Gasteiger partial charge in [0, 0.05) is 24.7 Å². The number of rotatable bonds is 3. The first-order valence-corrected chi connectivity index (χ1v) is 5.89. The standard InChI is InChI=1S/C13H17N3O/c1-3-14-13(17)15-11-9-16(4-2)12-8-6-5-7-10(11)12/h5-9H,3-4H2,1-2H3,(H2,14,15,17). The van der Waals surface area contributed by atoms with Crippen LogP contribution in [0.3, 0.4) is 0 Å². The molecule has 0 saturated carbocycles. The number of fused-ring (bicyclic) bond motifs is 1. The first-order valence-electron chi connectivity index (χ1n) is 5.89. The van der Waals surface area contributed by atoms with Crippen molar-refractivity contribution in [1.82, 2.24) is 9.88 Å². The van der Waals surface area contributed by atoms with Crippen molar-refractivity contribution in [2.24, 2.45) is 0 Å². The Kier molecular flexibility index (Phi) is 3.32. The smallest absolute Gasteiger partial charge is 0.319 e. The highest BCUT2D eigenvalue weighted by Crippen LogP contribution is 2.25. The van der Waals surface area contributed by atoms with Crippen LogP contribution in [0.4, 0.5) is 10.5 Å². The Hall–Kier alpha value is -1.97. The van der Waals surface area contributed by atoms with Crippen molar-refractivity contribution in [2.45, 2.75) is 20.4 Å². The van der Waals surface area contributed by atoms with Crippen LogP contribution in [-0.4, -0.2) is 17.1 Å². The highest BCUT2D eigenvalue weighted by molar-refractivity contribution is 6.01. The molecule has 2 N–H and O–H groups in total. The molecule has 0 aliphatic carbocycles. The van der Waals surface area contributed by atoms with E-state index < -0.39 is 0 Å². The monoisotopic (exact) mass is 231 g/mol. The molecule has 17 heavy (non-hydrogen) atoms. The minimum absolute atomic E-state index is 0.161. The SMILES string of the molecule is CCNC(=O)Nc1cn(CC)c2ccccc12. The molecule has 0 spiro atoms. The summed E-state index contributed by atoms with van der Waals surface area (Å²) in [6.07, 6.45) is 1.97. The van der Waals surface area contributed by atoms with Gasteiger partial charge in [0.25, 0.3) is 0 Å². The lowest BCUT2D eigenvalue weighted by molar-refractivity contribution is 0.252. The van der Waals surface area contributed by atoms with Gasteiger partial charge in [-0.3, -0.25) is 0 Å². The van der Waals surface area contributed by atoms with E-state index in [0.29, 0.717) is 6.54 Å². The van der Waals surface area contributed by atoms with E-state index in [4.69, 9.17) is 0 Å². The highest BCUT2D eigenvalue weighted by atomic mass is 16.2. The lowest BCUT2D eigenvalue weighted by Crippen LogP contribution is -2.28. The number of nitrogens with zero attached hydrogens (tertiary/aromatic N) is 1. The van der Waals surface area contributed by atoms with Gasteiger partial charge in [0.2, 0.25) is 0 Å². The zero-order valence-electron chi connectivity index (χ0n) is 10.2. The van der Waals surface area contributed by atoms with Crippen LogP contribution < -0.4 is 10.6 Å². The fraction of sp³-hybridized carbons (Fsp3) is 0.308. The van der Waals surface area contributed by atoms with Crippen molar-refractivity contribution in [3.8, 4) is 0 Å². The molecule has 1 aromatic carbocycles. The van der Waals surface area contributed by atoms with Crippen LogP contribution in [0.2, 0.25) is 0 Å². The fourth-order valence-electron chi connectivity index (χ4n) is 1.94. The number of aryl methyl sites for hydroxylation is 1. The summed E-state index contributed by atoms with van der Waals surface area (Å²) in [4.78, 5) is 11.5. The molecule has 2 amide bonds. The summed E-state index contributed by atoms with van der Waals surface area (Å²) < 4.78 is 2.12. The zero-order chi connectivity index (χ0) is 12.3. The number of aromatic nitrogens is 1. The molecule has 0 aliphatic rings. The molecule has 1 aromatic heterocycles. The summed E-state index contributed by atoms with van der Waals surface area (Å²) in [5, 5.41) is 6.67. The molecule has 0 atom stereocenters. The first kappa shape index (κ1) is 11.5. The Labute approximate surface area is 101 Å². The number of carbonyl (C=O) groups excluding carboxylic acids is 1. The molecule has 0 radical (unpaired) electrons. The number of urea groups is 1. The van der Waals surface area contributed by atoms with Gasteiger partial charge in [0.1, 0.15) is 0 Å². The van der Waals surface area contributed by atoms with Crippen LogP contribution in [-0.2, 0) is 6.54 Å². The summed E-state index contributed by atoms with van der Waals surface area (Å²) >= 11 is 0. The zero-order valence-corrected chi connectivity index (χ0v) is 10.2. The highest BCUT2D eigenvalue weighted by Gasteiger charge is 2.08. The molecular formula is C13H17N3O. The second-order valence-electron chi connectivity index (χ2n) is 3.83. The summed E-state index contributed by atoms with van der Waals surface area (Å²) in [7, 11) is 0. The lowest BCUT2D eigenvalue weighted by Gasteiger charge is -2.03. The second-order valence-corrected chi connectivity index (χ2v) is 3.83. The quantitative estimate of drug-likeness (QED) is 0.838. The van der Waals surface area contributed by atoms with Crippen molar-refractivity contribution < 1.29 is 4.79 Å². The summed E-state index contributed by atoms with van der Waals surface area (Å²) in [6, 6.07) is 7.90. The molecule has 0 aliphatic heterocycles. The normalized spacial score (nSPS) is 10.5. The molecule has 0 saturated heterocycles. The van der Waals surface area contributed by atoms with Gasteiger partial charge in [-0.2, -0.15) is 0 Å². The summed E-state index contributed by atoms with van der Waals surface area (Å²) in [6.45, 7) is 5.49. The second kappa shape index (κ2) is 4.91. The predicted molar refractivity (Wildman–Crippen MR) is 70.3 cm³/mol. The Morgan fingerprint density at radius 1 is 1.29 bits per heavy atom. The van der Waals surface area contributed by atoms with Crippen molar-refractivity contribution in [3.05, 3.63) is 30.5 Å². The third kappa shape index (κ3) is 2.25. The van der Waals surface area contributed by atoms with Crippen LogP contribution in [0.25, 0.3) is 10.9 Å². The van der Waals surface area contributed by atoms with Gasteiger partial charge < -0.3 is 15.2 Å². The maximum absolute atomic E-state index is 11.5. The van der Waals surface area contributed by atoms with E-state index >= 15 is 0 Å². The summed E-state index contributed by atoms with van der Waals surface area (Å²) in [5.41, 5.74) is 2.00. The number of hydrogen-bond donors (Lipinski definition) is 2. The number of hydrogen-bond acceptors (Lipinski definition) is 1. The third-order valence-corrected chi connectivity index (χ3v) is 2.71. The number of carbonyl (C=O) groups is 1. The van der Waals surface area contributed by atoms with E-state index in [-0.39, 0.29) is 6.03 Å². The van der Waals surface area contributed by atoms with Crippen molar-refractivity contribution >= 4 is 22.6 Å². The number of benzene rings is 1. The van der Waals surface area contributed by atoms with Gasteiger partial charge >= 0.3 is 6.03 Å². The largest absolute Gasteiger partial charge is 0.346 e. The number of para-hydroxylation sites is 1. The minimum Gasteiger partial charge on any atom is -0.346 e. The number of anilines is 1. The molecule has 0 bridgehead atoms. The molecule has 2 aromatic rings. The Morgan fingerprint density at radius 2 is 2.06 bits per heavy atom. The van der Waals surface area contributed by atoms with E-state index in [2.05, 4.69) is 28.2 Å². The molecule has 4 nitrogen and oxygen atoms in total. The first-order chi connectivity index (χ1) is 8.26. The van der Waals surface area contributed by atoms with Gasteiger partial charge in [-0.15, -0.1) is 0 Å². The van der Waals surface area contributed by atoms with E-state index in [1.54, 1.807) is 0 Å². The molecular weight excluding hydrogens is 214 g/mol. The topological polar surface area (TPSA) is 46.1 Å². The van der Waals surface area contributed by atoms with E-state index in [0.717, 1.165) is 23.1 Å². The van der Waals surface area contributed by atoms with Crippen LogP contribution in [0.1, 0.15) is 13.8 Å². The van der Waals surface area contributed by atoms with E-state index in [9.17, 15) is 4.79 Å². The number of amides is 2. The van der Waals surface area contributed by atoms with E-state index in [1.807, 2.05) is 31.3 Å². The van der Waals surface area contributed by atoms with Crippen LogP contribution in [0.5, 0.6) is 0 Å². The Bertz CT molecular complexity index is 530. The maximum atomic E-state index is 11.5. The van der Waals surface area contributed by atoms with Crippen molar-refractivity contribution in [2.75, 3.05) is 11.9 Å². The average molecular weight is 231 g/mol. The van der Waals surface area contributed by atoms with Gasteiger partial charge in [-0.25, -0.2) is 4.79 Å². The van der Waals surface area contributed by atoms with Crippen LogP contribution in [0.15, 0.2) is 30.5 Å². The van der Waals surface area contributed by atoms with Gasteiger partial charge in [0.05, 0.1) is 11.2 Å². The third-order valence-electron chi connectivity index (χ3n) is 2.71. The van der Waals surface area contributed by atoms with Gasteiger partial charge in [0.15, 0.2) is 0 Å². The van der Waals surface area contributed by atoms with Crippen molar-refractivity contribution in [1.29, 1.82) is 0 Å². The lowest BCUT2D eigenvalue weighted by atomic mass is 10.2. The predicted octanol–water partition coefficient (Wildman–Crippen LogP) is 2.80. The molecule has 1 heterocycles. The van der Waals surface area contributed by atoms with Crippen LogP contribution in [0, 0.1) is 0 Å². The molecule has 2 rings (SSSR count). The molecule has 4 heteroatoms. The molecule has 90 valence electrons. The van der Waals surface area contributed by atoms with Crippen LogP contribution >= 0.6 is 0 Å². The van der Waals surface area contributed by atoms with Crippen molar-refractivity contribution in [3.63, 3.8) is 0 Å². The average Bonchev–Trinajstić information content (AvgIpc) is 2.68. The molecule has 0 unspecified atom stereocenters. The Morgan fingerprint density at radius 3 is 2.76 bits per heavy atom. The molecule has 0 fully saturated rings. The van der Waals surface area contributed by atoms with E-state index in [1.165, 1.54) is 0 Å². The van der Waals surface area contributed by atoms with Gasteiger partial charge in [-0.1, -0.05) is 18.2 Å². The minimum atomic E-state index is -0.161.